The summed E-state index contributed by atoms with van der Waals surface area (Å²) in [6, 6.07) is 3.97. The summed E-state index contributed by atoms with van der Waals surface area (Å²) in [5.74, 6) is -0.211. The normalized spacial score (nSPS) is 9.94. The number of amides is 2. The zero-order valence-electron chi connectivity index (χ0n) is 10.8. The Morgan fingerprint density at radius 2 is 2.17 bits per heavy atom. The number of nitrogens with one attached hydrogen (secondary N) is 2. The van der Waals surface area contributed by atoms with Crippen LogP contribution in [0.2, 0.25) is 0 Å². The van der Waals surface area contributed by atoms with Crippen molar-refractivity contribution in [3.8, 4) is 5.75 Å². The third-order valence-corrected chi connectivity index (χ3v) is 2.50. The first-order chi connectivity index (χ1) is 8.69. The molecule has 0 radical (unpaired) electrons. The number of hydrogen-bond acceptors (Lipinski definition) is 2. The largest absolute Gasteiger partial charge is 0.494 e. The number of carbonyl (C=O) groups excluding carboxylic acids is 1. The molecule has 0 aliphatic heterocycles. The summed E-state index contributed by atoms with van der Waals surface area (Å²) in [6.07, 6.45) is 3.06. The van der Waals surface area contributed by atoms with Crippen molar-refractivity contribution in [2.75, 3.05) is 19.0 Å². The number of urea groups is 1. The van der Waals surface area contributed by atoms with Crippen LogP contribution in [0.3, 0.4) is 0 Å². The number of unbranched alkanes of at least 4 members (excludes halogenated alkanes) is 2. The summed E-state index contributed by atoms with van der Waals surface area (Å²) in [7, 11) is 1.43. The fourth-order valence-corrected chi connectivity index (χ4v) is 1.53. The summed E-state index contributed by atoms with van der Waals surface area (Å²) in [5, 5.41) is 5.13. The minimum atomic E-state index is -0.516. The number of para-hydroxylation sites is 1. The Bertz CT molecular complexity index is 397. The SMILES string of the molecule is CCCCCNC(=O)Nc1c(F)cccc1OC. The second-order valence-electron chi connectivity index (χ2n) is 3.91. The molecule has 2 N–H and O–H groups in total. The Balaban J connectivity index is 2.53. The van der Waals surface area contributed by atoms with Crippen LogP contribution in [0, 0.1) is 5.82 Å². The van der Waals surface area contributed by atoms with Crippen LogP contribution >= 0.6 is 0 Å². The Hall–Kier alpha value is -1.78. The number of rotatable bonds is 6. The monoisotopic (exact) mass is 254 g/mol. The zero-order valence-corrected chi connectivity index (χ0v) is 10.8. The average Bonchev–Trinajstić information content (AvgIpc) is 2.37. The molecule has 5 heteroatoms. The maximum atomic E-state index is 13.5. The van der Waals surface area contributed by atoms with Gasteiger partial charge in [0.15, 0.2) is 5.82 Å². The first-order valence-electron chi connectivity index (χ1n) is 6.06. The van der Waals surface area contributed by atoms with Crippen molar-refractivity contribution in [1.29, 1.82) is 0 Å². The maximum Gasteiger partial charge on any atom is 0.319 e. The van der Waals surface area contributed by atoms with Crippen LogP contribution in [0.5, 0.6) is 5.75 Å². The van der Waals surface area contributed by atoms with Gasteiger partial charge in [0.2, 0.25) is 0 Å². The molecule has 0 atom stereocenters. The number of halogens is 1. The van der Waals surface area contributed by atoms with Crippen LogP contribution in [0.1, 0.15) is 26.2 Å². The number of anilines is 1. The Labute approximate surface area is 107 Å². The molecular weight excluding hydrogens is 235 g/mol. The summed E-state index contributed by atoms with van der Waals surface area (Å²) < 4.78 is 18.5. The van der Waals surface area contributed by atoms with Crippen molar-refractivity contribution < 1.29 is 13.9 Å². The number of benzene rings is 1. The summed E-state index contributed by atoms with van der Waals surface area (Å²) in [5.41, 5.74) is 0.0630. The van der Waals surface area contributed by atoms with E-state index in [2.05, 4.69) is 17.6 Å². The van der Waals surface area contributed by atoms with Gasteiger partial charge in [0, 0.05) is 6.54 Å². The molecule has 0 aliphatic carbocycles. The maximum absolute atomic E-state index is 13.5. The molecule has 0 unspecified atom stereocenters. The molecule has 0 fully saturated rings. The van der Waals surface area contributed by atoms with Gasteiger partial charge in [-0.15, -0.1) is 0 Å². The predicted octanol–water partition coefficient (Wildman–Crippen LogP) is 3.15. The molecule has 1 aromatic carbocycles. The molecule has 18 heavy (non-hydrogen) atoms. The number of ether oxygens (including phenoxy) is 1. The minimum absolute atomic E-state index is 0.0630. The van der Waals surface area contributed by atoms with Crippen molar-refractivity contribution in [2.24, 2.45) is 0 Å². The molecule has 1 aromatic rings. The van der Waals surface area contributed by atoms with Crippen molar-refractivity contribution in [3.05, 3.63) is 24.0 Å². The van der Waals surface area contributed by atoms with Crippen molar-refractivity contribution in [2.45, 2.75) is 26.2 Å². The summed E-state index contributed by atoms with van der Waals surface area (Å²) in [6.45, 7) is 2.67. The highest BCUT2D eigenvalue weighted by atomic mass is 19.1. The van der Waals surface area contributed by atoms with Crippen LogP contribution < -0.4 is 15.4 Å². The lowest BCUT2D eigenvalue weighted by atomic mass is 10.2. The first kappa shape index (κ1) is 14.3. The van der Waals surface area contributed by atoms with Crippen LogP contribution in [-0.4, -0.2) is 19.7 Å². The van der Waals surface area contributed by atoms with E-state index in [-0.39, 0.29) is 5.69 Å². The van der Waals surface area contributed by atoms with Gasteiger partial charge >= 0.3 is 6.03 Å². The lowest BCUT2D eigenvalue weighted by molar-refractivity contribution is 0.251. The van der Waals surface area contributed by atoms with Gasteiger partial charge in [-0.25, -0.2) is 9.18 Å². The van der Waals surface area contributed by atoms with E-state index in [9.17, 15) is 9.18 Å². The van der Waals surface area contributed by atoms with E-state index in [1.54, 1.807) is 6.07 Å². The molecule has 4 nitrogen and oxygen atoms in total. The van der Waals surface area contributed by atoms with E-state index in [0.29, 0.717) is 12.3 Å². The number of hydrogen-bond donors (Lipinski definition) is 2. The Morgan fingerprint density at radius 3 is 2.83 bits per heavy atom. The molecule has 0 aromatic heterocycles. The van der Waals surface area contributed by atoms with E-state index in [0.717, 1.165) is 19.3 Å². The van der Waals surface area contributed by atoms with Gasteiger partial charge in [0.25, 0.3) is 0 Å². The van der Waals surface area contributed by atoms with Gasteiger partial charge < -0.3 is 15.4 Å². The van der Waals surface area contributed by atoms with Crippen LogP contribution in [0.4, 0.5) is 14.9 Å². The smallest absolute Gasteiger partial charge is 0.319 e. The van der Waals surface area contributed by atoms with Gasteiger partial charge in [-0.2, -0.15) is 0 Å². The Morgan fingerprint density at radius 1 is 1.39 bits per heavy atom. The predicted molar refractivity (Wildman–Crippen MR) is 69.5 cm³/mol. The summed E-state index contributed by atoms with van der Waals surface area (Å²) in [4.78, 5) is 11.6. The van der Waals surface area contributed by atoms with Crippen LogP contribution in [0.25, 0.3) is 0 Å². The van der Waals surface area contributed by atoms with E-state index < -0.39 is 11.8 Å². The molecule has 0 bridgehead atoms. The highest BCUT2D eigenvalue weighted by Crippen LogP contribution is 2.26. The number of methoxy groups -OCH3 is 1. The lowest BCUT2D eigenvalue weighted by Gasteiger charge is -2.11. The fourth-order valence-electron chi connectivity index (χ4n) is 1.53. The molecule has 100 valence electrons. The second kappa shape index (κ2) is 7.53. The van der Waals surface area contributed by atoms with Crippen LogP contribution in [0.15, 0.2) is 18.2 Å². The van der Waals surface area contributed by atoms with Gasteiger partial charge in [-0.1, -0.05) is 25.8 Å². The van der Waals surface area contributed by atoms with Gasteiger partial charge in [-0.3, -0.25) is 0 Å². The van der Waals surface area contributed by atoms with Crippen molar-refractivity contribution >= 4 is 11.7 Å². The Kier molecular flexibility index (Phi) is 5.97. The zero-order chi connectivity index (χ0) is 13.4. The lowest BCUT2D eigenvalue weighted by Crippen LogP contribution is -2.30. The molecule has 2 amide bonds. The third-order valence-electron chi connectivity index (χ3n) is 2.50. The molecule has 0 aliphatic rings. The van der Waals surface area contributed by atoms with Crippen LogP contribution in [-0.2, 0) is 0 Å². The highest BCUT2D eigenvalue weighted by molar-refractivity contribution is 5.91. The molecule has 0 saturated heterocycles. The van der Waals surface area contributed by atoms with E-state index in [1.165, 1.54) is 19.2 Å². The topological polar surface area (TPSA) is 50.4 Å². The van der Waals surface area contributed by atoms with Gasteiger partial charge in [0.1, 0.15) is 11.4 Å². The fraction of sp³-hybridized carbons (Fsp3) is 0.462. The van der Waals surface area contributed by atoms with Gasteiger partial charge in [0.05, 0.1) is 7.11 Å². The highest BCUT2D eigenvalue weighted by Gasteiger charge is 2.11. The van der Waals surface area contributed by atoms with Crippen molar-refractivity contribution in [1.82, 2.24) is 5.32 Å². The van der Waals surface area contributed by atoms with E-state index >= 15 is 0 Å². The standard InChI is InChI=1S/C13H19FN2O2/c1-3-4-5-9-15-13(17)16-12-10(14)7-6-8-11(12)18-2/h6-8H,3-5,9H2,1-2H3,(H2,15,16,17). The first-order valence-corrected chi connectivity index (χ1v) is 6.06. The van der Waals surface area contributed by atoms with E-state index in [1.807, 2.05) is 0 Å². The molecule has 0 heterocycles. The third kappa shape index (κ3) is 4.24. The summed E-state index contributed by atoms with van der Waals surface area (Å²) >= 11 is 0. The quantitative estimate of drug-likeness (QED) is 0.766. The van der Waals surface area contributed by atoms with Gasteiger partial charge in [-0.05, 0) is 18.6 Å². The minimum Gasteiger partial charge on any atom is -0.494 e. The van der Waals surface area contributed by atoms with E-state index in [4.69, 9.17) is 4.74 Å². The average molecular weight is 254 g/mol. The second-order valence-corrected chi connectivity index (χ2v) is 3.91. The molecule has 1 rings (SSSR count). The molecule has 0 saturated carbocycles. The van der Waals surface area contributed by atoms with Crippen molar-refractivity contribution in [3.63, 3.8) is 0 Å². The molecular formula is C13H19FN2O2. The molecule has 0 spiro atoms. The number of carbonyl (C=O) groups is 1.